The van der Waals surface area contributed by atoms with Gasteiger partial charge in [0.25, 0.3) is 5.91 Å². The van der Waals surface area contributed by atoms with Gasteiger partial charge in [0.05, 0.1) is 5.56 Å². The van der Waals surface area contributed by atoms with E-state index in [1.165, 1.54) is 4.90 Å². The molecule has 0 aliphatic carbocycles. The van der Waals surface area contributed by atoms with Crippen molar-refractivity contribution in [2.24, 2.45) is 0 Å². The van der Waals surface area contributed by atoms with Crippen LogP contribution in [0.2, 0.25) is 0 Å². The van der Waals surface area contributed by atoms with Gasteiger partial charge < -0.3 is 20.9 Å². The summed E-state index contributed by atoms with van der Waals surface area (Å²) in [6.07, 6.45) is 0. The van der Waals surface area contributed by atoms with Crippen LogP contribution in [0.5, 0.6) is 0 Å². The molecule has 1 aromatic carbocycles. The van der Waals surface area contributed by atoms with Crippen LogP contribution in [-0.2, 0) is 0 Å². The number of carbonyl (C=O) groups excluding carboxylic acids is 2. The molecule has 0 saturated heterocycles. The SMILES string of the molecule is CNc1cc(C)ccc1C(=O)NCCNC(=O)N(C)C. The Labute approximate surface area is 119 Å². The number of carbonyl (C=O) groups is 2. The fourth-order valence-corrected chi connectivity index (χ4v) is 1.66. The van der Waals surface area contributed by atoms with Crippen molar-refractivity contribution in [2.45, 2.75) is 6.92 Å². The van der Waals surface area contributed by atoms with E-state index in [0.29, 0.717) is 18.7 Å². The summed E-state index contributed by atoms with van der Waals surface area (Å²) in [5.41, 5.74) is 2.47. The van der Waals surface area contributed by atoms with Crippen LogP contribution < -0.4 is 16.0 Å². The summed E-state index contributed by atoms with van der Waals surface area (Å²) < 4.78 is 0. The van der Waals surface area contributed by atoms with Crippen LogP contribution in [0.3, 0.4) is 0 Å². The van der Waals surface area contributed by atoms with Gasteiger partial charge in [-0.25, -0.2) is 4.79 Å². The summed E-state index contributed by atoms with van der Waals surface area (Å²) >= 11 is 0. The van der Waals surface area contributed by atoms with Crippen molar-refractivity contribution < 1.29 is 9.59 Å². The zero-order valence-electron chi connectivity index (χ0n) is 12.4. The molecule has 0 spiro atoms. The summed E-state index contributed by atoms with van der Waals surface area (Å²) in [5, 5.41) is 8.46. The highest BCUT2D eigenvalue weighted by Crippen LogP contribution is 2.16. The number of anilines is 1. The number of hydrogen-bond donors (Lipinski definition) is 3. The third kappa shape index (κ3) is 4.46. The van der Waals surface area contributed by atoms with E-state index < -0.39 is 0 Å². The molecule has 3 N–H and O–H groups in total. The molecule has 20 heavy (non-hydrogen) atoms. The Morgan fingerprint density at radius 3 is 2.40 bits per heavy atom. The molecule has 0 fully saturated rings. The van der Waals surface area contributed by atoms with E-state index in [4.69, 9.17) is 0 Å². The Kier molecular flexibility index (Phi) is 5.83. The Morgan fingerprint density at radius 1 is 1.15 bits per heavy atom. The summed E-state index contributed by atoms with van der Waals surface area (Å²) in [4.78, 5) is 24.8. The number of amides is 3. The summed E-state index contributed by atoms with van der Waals surface area (Å²) in [7, 11) is 5.11. The highest BCUT2D eigenvalue weighted by molar-refractivity contribution is 5.99. The molecular formula is C14H22N4O2. The maximum atomic E-state index is 12.0. The fraction of sp³-hybridized carbons (Fsp3) is 0.429. The van der Waals surface area contributed by atoms with E-state index >= 15 is 0 Å². The van der Waals surface area contributed by atoms with Gasteiger partial charge in [-0.1, -0.05) is 6.07 Å². The lowest BCUT2D eigenvalue weighted by Gasteiger charge is -2.13. The fourth-order valence-electron chi connectivity index (χ4n) is 1.66. The first-order valence-electron chi connectivity index (χ1n) is 6.47. The van der Waals surface area contributed by atoms with Gasteiger partial charge in [0.2, 0.25) is 0 Å². The van der Waals surface area contributed by atoms with Crippen molar-refractivity contribution in [3.05, 3.63) is 29.3 Å². The Bertz CT molecular complexity index is 486. The minimum Gasteiger partial charge on any atom is -0.387 e. The number of aryl methyl sites for hydroxylation is 1. The number of rotatable bonds is 5. The van der Waals surface area contributed by atoms with Crippen molar-refractivity contribution in [3.8, 4) is 0 Å². The van der Waals surface area contributed by atoms with E-state index in [1.54, 1.807) is 27.2 Å². The molecule has 1 rings (SSSR count). The van der Waals surface area contributed by atoms with Crippen LogP contribution in [0.15, 0.2) is 18.2 Å². The van der Waals surface area contributed by atoms with Gasteiger partial charge in [0, 0.05) is 39.9 Å². The molecule has 0 aliphatic heterocycles. The van der Waals surface area contributed by atoms with Crippen molar-refractivity contribution >= 4 is 17.6 Å². The van der Waals surface area contributed by atoms with E-state index in [1.807, 2.05) is 19.1 Å². The molecule has 1 aromatic rings. The summed E-state index contributed by atoms with van der Waals surface area (Å²) in [6.45, 7) is 2.75. The molecule has 6 heteroatoms. The molecule has 110 valence electrons. The average Bonchev–Trinajstić information content (AvgIpc) is 2.42. The van der Waals surface area contributed by atoms with Crippen molar-refractivity contribution in [1.29, 1.82) is 0 Å². The lowest BCUT2D eigenvalue weighted by atomic mass is 10.1. The second-order valence-electron chi connectivity index (χ2n) is 4.68. The molecule has 0 bridgehead atoms. The van der Waals surface area contributed by atoms with Crippen LogP contribution in [0.4, 0.5) is 10.5 Å². The van der Waals surface area contributed by atoms with Gasteiger partial charge in [-0.05, 0) is 24.6 Å². The predicted molar refractivity (Wildman–Crippen MR) is 80.1 cm³/mol. The first-order valence-corrected chi connectivity index (χ1v) is 6.47. The number of nitrogens with zero attached hydrogens (tertiary/aromatic N) is 1. The Balaban J connectivity index is 2.49. The van der Waals surface area contributed by atoms with Gasteiger partial charge in [0.1, 0.15) is 0 Å². The molecule has 0 aromatic heterocycles. The number of nitrogens with one attached hydrogen (secondary N) is 3. The quantitative estimate of drug-likeness (QED) is 0.705. The summed E-state index contributed by atoms with van der Waals surface area (Å²) in [5.74, 6) is -0.159. The zero-order chi connectivity index (χ0) is 15.1. The van der Waals surface area contributed by atoms with Crippen LogP contribution in [0.25, 0.3) is 0 Å². The highest BCUT2D eigenvalue weighted by atomic mass is 16.2. The van der Waals surface area contributed by atoms with Crippen LogP contribution in [0, 0.1) is 6.92 Å². The normalized spacial score (nSPS) is 9.80. The number of urea groups is 1. The first-order chi connectivity index (χ1) is 9.45. The minimum absolute atomic E-state index is 0.159. The van der Waals surface area contributed by atoms with Gasteiger partial charge in [-0.2, -0.15) is 0 Å². The average molecular weight is 278 g/mol. The third-order valence-electron chi connectivity index (χ3n) is 2.78. The standard InChI is InChI=1S/C14H22N4O2/c1-10-5-6-11(12(9-10)15-2)13(19)16-7-8-17-14(20)18(3)4/h5-6,9,15H,7-8H2,1-4H3,(H,16,19)(H,17,20). The predicted octanol–water partition coefficient (Wildman–Crippen LogP) is 1.04. The lowest BCUT2D eigenvalue weighted by Crippen LogP contribution is -2.39. The van der Waals surface area contributed by atoms with E-state index in [2.05, 4.69) is 16.0 Å². The third-order valence-corrected chi connectivity index (χ3v) is 2.78. The van der Waals surface area contributed by atoms with Gasteiger partial charge in [-0.3, -0.25) is 4.79 Å². The van der Waals surface area contributed by atoms with Crippen molar-refractivity contribution in [2.75, 3.05) is 39.5 Å². The molecular weight excluding hydrogens is 256 g/mol. The smallest absolute Gasteiger partial charge is 0.316 e. The molecule has 0 aliphatic rings. The molecule has 0 atom stereocenters. The molecule has 6 nitrogen and oxygen atoms in total. The van der Waals surface area contributed by atoms with Gasteiger partial charge in [-0.15, -0.1) is 0 Å². The van der Waals surface area contributed by atoms with Crippen molar-refractivity contribution in [3.63, 3.8) is 0 Å². The van der Waals surface area contributed by atoms with Crippen LogP contribution in [0.1, 0.15) is 15.9 Å². The number of benzene rings is 1. The van der Waals surface area contributed by atoms with Crippen molar-refractivity contribution in [1.82, 2.24) is 15.5 Å². The van der Waals surface area contributed by atoms with Crippen LogP contribution in [-0.4, -0.2) is 51.1 Å². The maximum absolute atomic E-state index is 12.0. The zero-order valence-corrected chi connectivity index (χ0v) is 12.4. The number of hydrogen-bond acceptors (Lipinski definition) is 3. The van der Waals surface area contributed by atoms with Crippen LogP contribution >= 0.6 is 0 Å². The Morgan fingerprint density at radius 2 is 1.80 bits per heavy atom. The topological polar surface area (TPSA) is 73.5 Å². The highest BCUT2D eigenvalue weighted by Gasteiger charge is 2.10. The van der Waals surface area contributed by atoms with E-state index in [0.717, 1.165) is 11.3 Å². The molecule has 3 amide bonds. The molecule has 0 radical (unpaired) electrons. The largest absolute Gasteiger partial charge is 0.387 e. The van der Waals surface area contributed by atoms with Gasteiger partial charge >= 0.3 is 6.03 Å². The second-order valence-corrected chi connectivity index (χ2v) is 4.68. The van der Waals surface area contributed by atoms with E-state index in [-0.39, 0.29) is 11.9 Å². The molecule has 0 heterocycles. The molecule has 0 saturated carbocycles. The minimum atomic E-state index is -0.175. The Hall–Kier alpha value is -2.24. The summed E-state index contributed by atoms with van der Waals surface area (Å²) in [6, 6.07) is 5.42. The first kappa shape index (κ1) is 15.8. The maximum Gasteiger partial charge on any atom is 0.316 e. The molecule has 0 unspecified atom stereocenters. The second kappa shape index (κ2) is 7.37. The van der Waals surface area contributed by atoms with E-state index in [9.17, 15) is 9.59 Å². The lowest BCUT2D eigenvalue weighted by molar-refractivity contribution is 0.0954. The van der Waals surface area contributed by atoms with Gasteiger partial charge in [0.15, 0.2) is 0 Å². The monoisotopic (exact) mass is 278 g/mol.